The lowest BCUT2D eigenvalue weighted by molar-refractivity contribution is -0.155. The van der Waals surface area contributed by atoms with Crippen LogP contribution >= 0.6 is 11.8 Å². The summed E-state index contributed by atoms with van der Waals surface area (Å²) < 4.78 is 4.82. The van der Waals surface area contributed by atoms with Crippen LogP contribution in [0, 0.1) is 0 Å². The summed E-state index contributed by atoms with van der Waals surface area (Å²) in [6.07, 6.45) is -0.323. The Bertz CT molecular complexity index is 1300. The van der Waals surface area contributed by atoms with Crippen LogP contribution in [0.15, 0.2) is 91.0 Å². The molecule has 3 rings (SSSR count). The molecule has 0 heterocycles. The molecule has 45 heavy (non-hydrogen) atoms. The summed E-state index contributed by atoms with van der Waals surface area (Å²) in [7, 11) is 0. The van der Waals surface area contributed by atoms with Crippen LogP contribution in [0.3, 0.4) is 0 Å². The summed E-state index contributed by atoms with van der Waals surface area (Å²) in [5, 5.41) is 14.6. The van der Waals surface area contributed by atoms with Crippen molar-refractivity contribution in [2.45, 2.75) is 68.9 Å². The van der Waals surface area contributed by atoms with Crippen LogP contribution in [0.25, 0.3) is 0 Å². The van der Waals surface area contributed by atoms with E-state index in [2.05, 4.69) is 47.0 Å². The Hall–Kier alpha value is -4.15. The first-order valence-electron chi connectivity index (χ1n) is 15.0. The molecule has 0 saturated heterocycles. The number of hydrogen-bond donors (Lipinski definition) is 4. The van der Waals surface area contributed by atoms with Crippen LogP contribution in [0.1, 0.15) is 63.1 Å². The van der Waals surface area contributed by atoms with Gasteiger partial charge in [-0.1, -0.05) is 91.0 Å². The van der Waals surface area contributed by atoms with Gasteiger partial charge in [0.2, 0.25) is 11.8 Å². The Kier molecular flexibility index (Phi) is 13.2. The molecule has 2 amide bonds. The number of thioether (sulfide) groups is 1. The lowest BCUT2D eigenvalue weighted by atomic mass is 9.84. The van der Waals surface area contributed by atoms with E-state index in [1.807, 2.05) is 54.6 Å². The number of rotatable bonds is 16. The van der Waals surface area contributed by atoms with E-state index in [1.165, 1.54) is 0 Å². The summed E-state index contributed by atoms with van der Waals surface area (Å²) in [5.74, 6) is -2.14. The molecule has 10 heteroatoms. The van der Waals surface area contributed by atoms with Gasteiger partial charge in [0.05, 0.1) is 4.75 Å². The van der Waals surface area contributed by atoms with Crippen molar-refractivity contribution in [3.05, 3.63) is 108 Å². The highest BCUT2D eigenvalue weighted by atomic mass is 32.2. The lowest BCUT2D eigenvalue weighted by Crippen LogP contribution is -2.48. The van der Waals surface area contributed by atoms with E-state index >= 15 is 0 Å². The smallest absolute Gasteiger partial charge is 0.320 e. The molecule has 0 aromatic heterocycles. The Morgan fingerprint density at radius 1 is 0.800 bits per heavy atom. The number of carboxylic acids is 1. The van der Waals surface area contributed by atoms with Crippen molar-refractivity contribution < 1.29 is 29.0 Å². The Morgan fingerprint density at radius 2 is 1.29 bits per heavy atom. The molecule has 0 bridgehead atoms. The van der Waals surface area contributed by atoms with Crippen LogP contribution in [0.5, 0.6) is 0 Å². The van der Waals surface area contributed by atoms with Gasteiger partial charge in [0.15, 0.2) is 0 Å². The number of aliphatic carboxylic acids is 1. The predicted octanol–water partition coefficient (Wildman–Crippen LogP) is 4.63. The van der Waals surface area contributed by atoms with Gasteiger partial charge in [0, 0.05) is 25.1 Å². The van der Waals surface area contributed by atoms with Crippen molar-refractivity contribution in [1.29, 1.82) is 0 Å². The molecule has 5 N–H and O–H groups in total. The minimum atomic E-state index is -1.21. The summed E-state index contributed by atoms with van der Waals surface area (Å²) >= 11 is 1.69. The first kappa shape index (κ1) is 35.3. The number of carbonyl (C=O) groups is 4. The molecule has 0 saturated carbocycles. The summed E-state index contributed by atoms with van der Waals surface area (Å²) in [6, 6.07) is 28.4. The molecule has 0 radical (unpaired) electrons. The van der Waals surface area contributed by atoms with Crippen molar-refractivity contribution in [3.8, 4) is 0 Å². The number of benzene rings is 3. The first-order valence-corrected chi connectivity index (χ1v) is 16.0. The SMILES string of the molecule is CC(C)(C)OC(=O)CCC(NC(=O)CCC(N)C(=O)O)C(=O)NCCSC(c1ccccc1)(c1ccccc1)c1ccccc1. The molecule has 3 aromatic carbocycles. The van der Waals surface area contributed by atoms with Crippen molar-refractivity contribution in [3.63, 3.8) is 0 Å². The summed E-state index contributed by atoms with van der Waals surface area (Å²) in [5.41, 5.74) is 8.14. The van der Waals surface area contributed by atoms with E-state index < -0.39 is 46.2 Å². The topological polar surface area (TPSA) is 148 Å². The highest BCUT2D eigenvalue weighted by molar-refractivity contribution is 8.00. The highest BCUT2D eigenvalue weighted by Gasteiger charge is 2.36. The van der Waals surface area contributed by atoms with Crippen LogP contribution in [0.4, 0.5) is 0 Å². The van der Waals surface area contributed by atoms with Gasteiger partial charge in [-0.25, -0.2) is 0 Å². The van der Waals surface area contributed by atoms with E-state index in [9.17, 15) is 19.2 Å². The van der Waals surface area contributed by atoms with E-state index in [1.54, 1.807) is 32.5 Å². The van der Waals surface area contributed by atoms with Crippen molar-refractivity contribution in [2.24, 2.45) is 5.73 Å². The quantitative estimate of drug-likeness (QED) is 0.101. The van der Waals surface area contributed by atoms with Crippen molar-refractivity contribution in [2.75, 3.05) is 12.3 Å². The minimum absolute atomic E-state index is 0.0204. The summed E-state index contributed by atoms with van der Waals surface area (Å²) in [4.78, 5) is 49.4. The minimum Gasteiger partial charge on any atom is -0.480 e. The molecule has 0 fully saturated rings. The molecule has 2 unspecified atom stereocenters. The number of amides is 2. The largest absolute Gasteiger partial charge is 0.480 e. The average molecular weight is 634 g/mol. The monoisotopic (exact) mass is 633 g/mol. The highest BCUT2D eigenvalue weighted by Crippen LogP contribution is 2.48. The average Bonchev–Trinajstić information content (AvgIpc) is 3.02. The van der Waals surface area contributed by atoms with E-state index in [0.717, 1.165) is 16.7 Å². The normalized spacial score (nSPS) is 12.9. The second kappa shape index (κ2) is 16.8. The summed E-state index contributed by atoms with van der Waals surface area (Å²) in [6.45, 7) is 5.54. The van der Waals surface area contributed by atoms with Gasteiger partial charge in [0.1, 0.15) is 17.7 Å². The Morgan fingerprint density at radius 3 is 1.73 bits per heavy atom. The number of carbonyl (C=O) groups excluding carboxylic acids is 3. The Balaban J connectivity index is 1.75. The molecule has 0 spiro atoms. The van der Waals surface area contributed by atoms with Crippen LogP contribution in [-0.2, 0) is 28.7 Å². The lowest BCUT2D eigenvalue weighted by Gasteiger charge is -2.35. The molecular formula is C35H43N3O6S. The van der Waals surface area contributed by atoms with Gasteiger partial charge in [-0.3, -0.25) is 19.2 Å². The maximum Gasteiger partial charge on any atom is 0.320 e. The first-order chi connectivity index (χ1) is 21.4. The van der Waals surface area contributed by atoms with E-state index in [-0.39, 0.29) is 25.7 Å². The second-order valence-electron chi connectivity index (χ2n) is 11.6. The fraction of sp³-hybridized carbons (Fsp3) is 0.371. The number of ether oxygens (including phenoxy) is 1. The van der Waals surface area contributed by atoms with Crippen LogP contribution in [0.2, 0.25) is 0 Å². The number of nitrogens with two attached hydrogens (primary N) is 1. The third-order valence-corrected chi connectivity index (χ3v) is 8.52. The van der Waals surface area contributed by atoms with Gasteiger partial charge in [-0.05, 0) is 50.3 Å². The van der Waals surface area contributed by atoms with Crippen LogP contribution < -0.4 is 16.4 Å². The van der Waals surface area contributed by atoms with Crippen molar-refractivity contribution >= 4 is 35.5 Å². The zero-order valence-corrected chi connectivity index (χ0v) is 26.8. The molecule has 0 aliphatic carbocycles. The van der Waals surface area contributed by atoms with Gasteiger partial charge < -0.3 is 26.2 Å². The molecule has 0 aliphatic heterocycles. The van der Waals surface area contributed by atoms with Gasteiger partial charge >= 0.3 is 11.9 Å². The van der Waals surface area contributed by atoms with Gasteiger partial charge in [0.25, 0.3) is 0 Å². The fourth-order valence-electron chi connectivity index (χ4n) is 4.87. The number of nitrogens with one attached hydrogen (secondary N) is 2. The standard InChI is InChI=1S/C35H43N3O6S/c1-34(2,3)44-31(40)22-20-29(38-30(39)21-19-28(36)33(42)43)32(41)37-23-24-45-35(25-13-7-4-8-14-25,26-15-9-5-10-16-26)27-17-11-6-12-18-27/h4-18,28-29H,19-24,36H2,1-3H3,(H,37,41)(H,38,39)(H,42,43). The second-order valence-corrected chi connectivity index (χ2v) is 13.0. The third-order valence-electron chi connectivity index (χ3n) is 6.97. The zero-order chi connectivity index (χ0) is 32.9. The molecular weight excluding hydrogens is 590 g/mol. The fourth-order valence-corrected chi connectivity index (χ4v) is 6.29. The molecule has 9 nitrogen and oxygen atoms in total. The molecule has 240 valence electrons. The van der Waals surface area contributed by atoms with Crippen LogP contribution in [-0.4, -0.2) is 58.8 Å². The Labute approximate surface area is 269 Å². The zero-order valence-electron chi connectivity index (χ0n) is 26.0. The van der Waals surface area contributed by atoms with E-state index in [4.69, 9.17) is 15.6 Å². The van der Waals surface area contributed by atoms with E-state index in [0.29, 0.717) is 12.3 Å². The predicted molar refractivity (Wildman–Crippen MR) is 177 cm³/mol. The van der Waals surface area contributed by atoms with Crippen molar-refractivity contribution in [1.82, 2.24) is 10.6 Å². The number of carboxylic acid groups (broad SMARTS) is 1. The molecule has 2 atom stereocenters. The third kappa shape index (κ3) is 10.8. The number of esters is 1. The van der Waals surface area contributed by atoms with Gasteiger partial charge in [-0.15, -0.1) is 11.8 Å². The maximum atomic E-state index is 13.4. The molecule has 3 aromatic rings. The maximum absolute atomic E-state index is 13.4. The van der Waals surface area contributed by atoms with Gasteiger partial charge in [-0.2, -0.15) is 0 Å². The molecule has 0 aliphatic rings. The number of hydrogen-bond acceptors (Lipinski definition) is 7.